The molecule has 0 spiro atoms. The molecule has 10 heteroatoms. The number of fused-ring (bicyclic) bond motifs is 1. The van der Waals surface area contributed by atoms with Gasteiger partial charge in [0.2, 0.25) is 21.8 Å². The average molecular weight is 613 g/mol. The molecule has 214 valence electrons. The van der Waals surface area contributed by atoms with Crippen molar-refractivity contribution in [3.05, 3.63) is 112 Å². The van der Waals surface area contributed by atoms with Crippen LogP contribution >= 0.6 is 23.2 Å². The number of hydrogen-bond donors (Lipinski definition) is 1. The molecule has 1 atom stereocenters. The molecule has 0 aliphatic rings. The van der Waals surface area contributed by atoms with Crippen LogP contribution < -0.4 is 5.32 Å². The number of nitrogens with zero attached hydrogens (tertiary/aromatic N) is 2. The van der Waals surface area contributed by atoms with E-state index in [4.69, 9.17) is 23.2 Å². The van der Waals surface area contributed by atoms with Crippen molar-refractivity contribution in [3.8, 4) is 0 Å². The molecule has 1 N–H and O–H groups in total. The standard InChI is InChI=1S/C31H31Cl2N3O4S/c1-3-34-31(38)29(18-22-9-5-4-6-10-22)36(20-23-13-16-27(32)28(33)17-23)30(37)21-35(2)41(39,40)26-15-14-24-11-7-8-12-25(24)19-26/h4-17,19,29H,3,18,20-21H2,1-2H3,(H,34,38)/t29-/m1/s1. The van der Waals surface area contributed by atoms with Crippen LogP contribution in [-0.2, 0) is 32.6 Å². The minimum atomic E-state index is -4.01. The van der Waals surface area contributed by atoms with Gasteiger partial charge in [0.1, 0.15) is 6.04 Å². The van der Waals surface area contributed by atoms with Crippen LogP contribution in [0.15, 0.2) is 95.9 Å². The second kappa shape index (κ2) is 13.5. The molecule has 2 amide bonds. The highest BCUT2D eigenvalue weighted by Gasteiger charge is 2.33. The highest BCUT2D eigenvalue weighted by Crippen LogP contribution is 2.25. The van der Waals surface area contributed by atoms with Gasteiger partial charge < -0.3 is 10.2 Å². The summed E-state index contributed by atoms with van der Waals surface area (Å²) < 4.78 is 28.0. The molecule has 4 aromatic carbocycles. The number of nitrogens with one attached hydrogen (secondary N) is 1. The molecule has 4 aromatic rings. The zero-order valence-corrected chi connectivity index (χ0v) is 25.1. The Kier molecular flexibility index (Phi) is 10.0. The molecule has 41 heavy (non-hydrogen) atoms. The van der Waals surface area contributed by atoms with Crippen molar-refractivity contribution in [1.29, 1.82) is 0 Å². The Morgan fingerprint density at radius 3 is 2.20 bits per heavy atom. The highest BCUT2D eigenvalue weighted by atomic mass is 35.5. The summed E-state index contributed by atoms with van der Waals surface area (Å²) in [5.74, 6) is -0.875. The van der Waals surface area contributed by atoms with Crippen molar-refractivity contribution >= 4 is 55.8 Å². The Morgan fingerprint density at radius 2 is 1.51 bits per heavy atom. The summed E-state index contributed by atoms with van der Waals surface area (Å²) in [5.41, 5.74) is 1.50. The molecule has 0 unspecified atom stereocenters. The Morgan fingerprint density at radius 1 is 0.829 bits per heavy atom. The molecular weight excluding hydrogens is 581 g/mol. The first-order chi connectivity index (χ1) is 19.6. The van der Waals surface area contributed by atoms with Gasteiger partial charge in [-0.3, -0.25) is 9.59 Å². The minimum absolute atomic E-state index is 0.0220. The number of sulfonamides is 1. The van der Waals surface area contributed by atoms with Crippen molar-refractivity contribution in [2.75, 3.05) is 20.1 Å². The van der Waals surface area contributed by atoms with E-state index in [0.29, 0.717) is 22.2 Å². The number of hydrogen-bond acceptors (Lipinski definition) is 4. The molecule has 0 heterocycles. The third kappa shape index (κ3) is 7.45. The molecule has 0 saturated heterocycles. The lowest BCUT2D eigenvalue weighted by atomic mass is 10.0. The fourth-order valence-electron chi connectivity index (χ4n) is 4.55. The summed E-state index contributed by atoms with van der Waals surface area (Å²) in [6.07, 6.45) is 0.237. The number of rotatable bonds is 11. The van der Waals surface area contributed by atoms with Gasteiger partial charge in [-0.05, 0) is 53.1 Å². The van der Waals surface area contributed by atoms with Gasteiger partial charge in [-0.1, -0.05) is 89.9 Å². The predicted octanol–water partition coefficient (Wildman–Crippen LogP) is 5.54. The molecule has 4 rings (SSSR count). The lowest BCUT2D eigenvalue weighted by Gasteiger charge is -2.32. The lowest BCUT2D eigenvalue weighted by molar-refractivity contribution is -0.141. The van der Waals surface area contributed by atoms with E-state index >= 15 is 0 Å². The van der Waals surface area contributed by atoms with E-state index in [1.165, 1.54) is 18.0 Å². The Balaban J connectivity index is 1.67. The van der Waals surface area contributed by atoms with E-state index in [1.807, 2.05) is 54.6 Å². The first-order valence-electron chi connectivity index (χ1n) is 13.1. The normalized spacial score (nSPS) is 12.3. The maximum atomic E-state index is 13.9. The summed E-state index contributed by atoms with van der Waals surface area (Å²) >= 11 is 12.4. The molecule has 0 fully saturated rings. The van der Waals surface area contributed by atoms with E-state index in [9.17, 15) is 18.0 Å². The molecule has 0 aliphatic heterocycles. The fraction of sp³-hybridized carbons (Fsp3) is 0.226. The van der Waals surface area contributed by atoms with Crippen LogP contribution in [0.1, 0.15) is 18.1 Å². The molecule has 0 aliphatic carbocycles. The predicted molar refractivity (Wildman–Crippen MR) is 163 cm³/mol. The topological polar surface area (TPSA) is 86.8 Å². The van der Waals surface area contributed by atoms with Crippen LogP contribution in [0.25, 0.3) is 10.8 Å². The van der Waals surface area contributed by atoms with Gasteiger partial charge in [0.25, 0.3) is 0 Å². The number of carbonyl (C=O) groups excluding carboxylic acids is 2. The molecule has 0 radical (unpaired) electrons. The molecule has 0 aromatic heterocycles. The van der Waals surface area contributed by atoms with E-state index in [1.54, 1.807) is 37.3 Å². The Hall–Kier alpha value is -3.43. The van der Waals surface area contributed by atoms with Gasteiger partial charge >= 0.3 is 0 Å². The second-order valence-electron chi connectivity index (χ2n) is 9.64. The van der Waals surface area contributed by atoms with Gasteiger partial charge in [-0.15, -0.1) is 0 Å². The van der Waals surface area contributed by atoms with E-state index < -0.39 is 28.5 Å². The van der Waals surface area contributed by atoms with Crippen molar-refractivity contribution in [2.24, 2.45) is 0 Å². The zero-order valence-electron chi connectivity index (χ0n) is 22.8. The fourth-order valence-corrected chi connectivity index (χ4v) is 6.03. The number of amides is 2. The smallest absolute Gasteiger partial charge is 0.243 e. The van der Waals surface area contributed by atoms with Gasteiger partial charge in [-0.25, -0.2) is 8.42 Å². The second-order valence-corrected chi connectivity index (χ2v) is 12.5. The van der Waals surface area contributed by atoms with Crippen molar-refractivity contribution < 1.29 is 18.0 Å². The van der Waals surface area contributed by atoms with Crippen LogP contribution in [0.3, 0.4) is 0 Å². The third-order valence-electron chi connectivity index (χ3n) is 6.75. The monoisotopic (exact) mass is 611 g/mol. The van der Waals surface area contributed by atoms with Crippen LogP contribution in [-0.4, -0.2) is 55.6 Å². The maximum Gasteiger partial charge on any atom is 0.243 e. The van der Waals surface area contributed by atoms with Crippen molar-refractivity contribution in [3.63, 3.8) is 0 Å². The SMILES string of the molecule is CCNC(=O)[C@@H](Cc1ccccc1)N(Cc1ccc(Cl)c(Cl)c1)C(=O)CN(C)S(=O)(=O)c1ccc2ccccc2c1. The van der Waals surface area contributed by atoms with E-state index in [-0.39, 0.29) is 23.8 Å². The average Bonchev–Trinajstić information content (AvgIpc) is 2.97. The van der Waals surface area contributed by atoms with Crippen LogP contribution in [0.2, 0.25) is 10.0 Å². The number of benzene rings is 4. The summed E-state index contributed by atoms with van der Waals surface area (Å²) in [4.78, 5) is 28.8. The summed E-state index contributed by atoms with van der Waals surface area (Å²) in [5, 5.41) is 5.17. The van der Waals surface area contributed by atoms with Crippen molar-refractivity contribution in [1.82, 2.24) is 14.5 Å². The quantitative estimate of drug-likeness (QED) is 0.241. The van der Waals surface area contributed by atoms with Crippen LogP contribution in [0, 0.1) is 0 Å². The summed E-state index contributed by atoms with van der Waals surface area (Å²) in [6.45, 7) is 1.72. The molecular formula is C31H31Cl2N3O4S. The van der Waals surface area contributed by atoms with Crippen LogP contribution in [0.5, 0.6) is 0 Å². The van der Waals surface area contributed by atoms with Gasteiger partial charge in [0, 0.05) is 26.6 Å². The van der Waals surface area contributed by atoms with E-state index in [0.717, 1.165) is 20.6 Å². The van der Waals surface area contributed by atoms with Crippen LogP contribution in [0.4, 0.5) is 0 Å². The third-order valence-corrected chi connectivity index (χ3v) is 9.28. The summed E-state index contributed by atoms with van der Waals surface area (Å²) in [6, 6.07) is 25.7. The molecule has 0 saturated carbocycles. The first-order valence-corrected chi connectivity index (χ1v) is 15.3. The largest absolute Gasteiger partial charge is 0.355 e. The van der Waals surface area contributed by atoms with Gasteiger partial charge in [0.05, 0.1) is 21.5 Å². The Bertz CT molecular complexity index is 1650. The Labute approximate surface area is 250 Å². The number of halogens is 2. The number of carbonyl (C=O) groups is 2. The lowest BCUT2D eigenvalue weighted by Crippen LogP contribution is -2.53. The van der Waals surface area contributed by atoms with Gasteiger partial charge in [-0.2, -0.15) is 4.31 Å². The van der Waals surface area contributed by atoms with E-state index in [2.05, 4.69) is 5.32 Å². The maximum absolute atomic E-state index is 13.9. The number of likely N-dealkylation sites (N-methyl/N-ethyl adjacent to an activating group) is 2. The molecule has 0 bridgehead atoms. The zero-order chi connectivity index (χ0) is 29.6. The molecule has 7 nitrogen and oxygen atoms in total. The van der Waals surface area contributed by atoms with Crippen molar-refractivity contribution in [2.45, 2.75) is 30.8 Å². The summed E-state index contributed by atoms with van der Waals surface area (Å²) in [7, 11) is -2.65. The minimum Gasteiger partial charge on any atom is -0.355 e. The highest BCUT2D eigenvalue weighted by molar-refractivity contribution is 7.89. The van der Waals surface area contributed by atoms with Gasteiger partial charge in [0.15, 0.2) is 0 Å². The first kappa shape index (κ1) is 30.5.